The average molecular weight is 869 g/mol. The van der Waals surface area contributed by atoms with E-state index in [2.05, 4.69) is 60.0 Å². The highest BCUT2D eigenvalue weighted by atomic mass is 16.5. The third-order valence-electron chi connectivity index (χ3n) is 14.1. The van der Waals surface area contributed by atoms with Crippen molar-refractivity contribution in [3.05, 3.63) is 128 Å². The normalized spacial score (nSPS) is 22.7. The number of rotatable bonds is 20. The number of aliphatic hydroxyl groups is 1. The molecule has 0 aromatic rings. The van der Waals surface area contributed by atoms with E-state index in [0.717, 1.165) is 81.1 Å². The van der Waals surface area contributed by atoms with E-state index in [1.54, 1.807) is 6.08 Å². The highest BCUT2D eigenvalue weighted by Crippen LogP contribution is 2.49. The van der Waals surface area contributed by atoms with Crippen molar-refractivity contribution in [1.82, 2.24) is 5.32 Å². The first kappa shape index (κ1) is 48.2. The molecule has 1 aliphatic carbocycles. The van der Waals surface area contributed by atoms with Gasteiger partial charge < -0.3 is 19.9 Å². The Morgan fingerprint density at radius 3 is 2.03 bits per heavy atom. The van der Waals surface area contributed by atoms with Crippen LogP contribution in [0.5, 0.6) is 0 Å². The van der Waals surface area contributed by atoms with E-state index in [4.69, 9.17) is 24.5 Å². The maximum atomic E-state index is 13.6. The van der Waals surface area contributed by atoms with Crippen molar-refractivity contribution in [2.45, 2.75) is 133 Å². The molecular formula is C55H72N4O5. The Morgan fingerprint density at radius 2 is 1.42 bits per heavy atom. The van der Waals surface area contributed by atoms with Gasteiger partial charge in [0.1, 0.15) is 18.3 Å². The van der Waals surface area contributed by atoms with Crippen LogP contribution in [0.1, 0.15) is 133 Å². The fraction of sp³-hybridized carbons (Fsp3) is 0.509. The number of ether oxygens (including phenoxy) is 2. The smallest absolute Gasteiger partial charge is 0.321 e. The molecule has 0 radical (unpaired) electrons. The minimum absolute atomic E-state index is 0.104. The van der Waals surface area contributed by atoms with Crippen molar-refractivity contribution in [3.63, 3.8) is 0 Å². The summed E-state index contributed by atoms with van der Waals surface area (Å²) in [6.07, 6.45) is 23.5. The van der Waals surface area contributed by atoms with Gasteiger partial charge in [-0.05, 0) is 106 Å². The Kier molecular flexibility index (Phi) is 15.9. The van der Waals surface area contributed by atoms with Crippen LogP contribution in [0.3, 0.4) is 0 Å². The molecule has 0 saturated carbocycles. The number of aliphatic hydroxyl groups excluding tert-OH is 1. The summed E-state index contributed by atoms with van der Waals surface area (Å²) in [5.41, 5.74) is 12.5. The van der Waals surface area contributed by atoms with E-state index in [1.165, 1.54) is 57.6 Å². The fourth-order valence-electron chi connectivity index (χ4n) is 9.98. The zero-order valence-corrected chi connectivity index (χ0v) is 40.2. The molecule has 342 valence electrons. The van der Waals surface area contributed by atoms with Crippen LogP contribution in [0.2, 0.25) is 0 Å². The van der Waals surface area contributed by atoms with Gasteiger partial charge in [0.25, 0.3) is 0 Å². The standard InChI is InChI=1S/C55H72N4O5/c1-13-39-35(8)42-28-44-37(10)41(24-25-48(60)64-27-26-34(7)23-17-22-33(6)21-16-20-32(5)19-15-18-31(3)4)52(58-44)50-51(55(62)63-12)54(61)49-38(11)45(59-53(49)50)30-47-40(14-2)36(9)43(57-47)29-46(39)56-42/h13-14,26,28-33,37,41,51,58,61H,1-2,15-25,27H2,3-12H3/b34-26+,44-28?,46-29?,47-30?,52-50?/t32-,33-,37+,41+,51+/m1/s1. The lowest BCUT2D eigenvalue weighted by atomic mass is 9.84. The molecule has 6 aliphatic rings. The molecule has 8 bridgehead atoms. The van der Waals surface area contributed by atoms with Crippen LogP contribution in [0.4, 0.5) is 0 Å². The first-order valence-electron chi connectivity index (χ1n) is 23.7. The number of esters is 2. The molecule has 9 nitrogen and oxygen atoms in total. The first-order valence-corrected chi connectivity index (χ1v) is 23.7. The van der Waals surface area contributed by atoms with Gasteiger partial charge in [-0.2, -0.15) is 0 Å². The van der Waals surface area contributed by atoms with E-state index in [1.807, 2.05) is 51.2 Å². The van der Waals surface area contributed by atoms with Crippen molar-refractivity contribution in [1.29, 1.82) is 0 Å². The number of hydrogen-bond acceptors (Lipinski definition) is 9. The number of carbonyl (C=O) groups excluding carboxylic acids is 2. The molecule has 2 N–H and O–H groups in total. The summed E-state index contributed by atoms with van der Waals surface area (Å²) < 4.78 is 11.1. The number of aliphatic imine (C=N–C) groups is 3. The van der Waals surface area contributed by atoms with E-state index < -0.39 is 11.9 Å². The van der Waals surface area contributed by atoms with Crippen molar-refractivity contribution >= 4 is 29.1 Å². The summed E-state index contributed by atoms with van der Waals surface area (Å²) in [5, 5.41) is 15.6. The zero-order chi connectivity index (χ0) is 46.4. The summed E-state index contributed by atoms with van der Waals surface area (Å²) in [4.78, 5) is 42.3. The van der Waals surface area contributed by atoms with Crippen LogP contribution in [-0.2, 0) is 19.1 Å². The van der Waals surface area contributed by atoms with Gasteiger partial charge in [0.05, 0.1) is 41.3 Å². The predicted octanol–water partition coefficient (Wildman–Crippen LogP) is 12.7. The van der Waals surface area contributed by atoms with Crippen LogP contribution >= 0.6 is 0 Å². The van der Waals surface area contributed by atoms with Crippen LogP contribution in [-0.4, -0.2) is 47.9 Å². The number of nitrogens with zero attached hydrogens (tertiary/aromatic N) is 3. The summed E-state index contributed by atoms with van der Waals surface area (Å²) in [6, 6.07) is 0. The monoisotopic (exact) mass is 869 g/mol. The van der Waals surface area contributed by atoms with E-state index in [-0.39, 0.29) is 36.6 Å². The van der Waals surface area contributed by atoms with Gasteiger partial charge in [-0.3, -0.25) is 9.59 Å². The SMILES string of the molecule is C=CC1=C(C)C2=NC1=CC1=C(C)C3=C(O)[C@@H](C(=O)OC)C(=C4NC(=CC5=NC(=C2)C(C=C)=C5C)[C@@H](C)[C@@H]4CCC(=O)OC/C=C(\C)CCC[C@H](C)CCC[C@H](C)CCCC(C)C)C3=N1. The number of hydrogen-bond donors (Lipinski definition) is 2. The Balaban J connectivity index is 1.20. The number of nitrogens with one attached hydrogen (secondary N) is 1. The maximum absolute atomic E-state index is 13.6. The van der Waals surface area contributed by atoms with Crippen molar-refractivity contribution in [3.8, 4) is 0 Å². The Labute approximate surface area is 382 Å². The summed E-state index contributed by atoms with van der Waals surface area (Å²) in [7, 11) is 1.32. The number of fused-ring (bicyclic) bond motifs is 5. The minimum atomic E-state index is -1.09. The number of allylic oxidation sites excluding steroid dienone is 12. The molecule has 0 unspecified atom stereocenters. The van der Waals surface area contributed by atoms with Gasteiger partial charge >= 0.3 is 11.9 Å². The van der Waals surface area contributed by atoms with Crippen molar-refractivity contribution in [2.75, 3.05) is 13.7 Å². The summed E-state index contributed by atoms with van der Waals surface area (Å²) in [6.45, 7) is 28.0. The van der Waals surface area contributed by atoms with Gasteiger partial charge in [0.2, 0.25) is 0 Å². The average Bonchev–Trinajstić information content (AvgIpc) is 3.99. The van der Waals surface area contributed by atoms with Crippen molar-refractivity contribution in [2.24, 2.45) is 50.5 Å². The van der Waals surface area contributed by atoms with Gasteiger partial charge in [-0.25, -0.2) is 15.0 Å². The second kappa shape index (κ2) is 21.1. The summed E-state index contributed by atoms with van der Waals surface area (Å²) in [5.74, 6) is -0.107. The molecular weight excluding hydrogens is 797 g/mol. The fourth-order valence-corrected chi connectivity index (χ4v) is 9.98. The van der Waals surface area contributed by atoms with E-state index >= 15 is 0 Å². The lowest BCUT2D eigenvalue weighted by Gasteiger charge is -2.20. The second-order valence-corrected chi connectivity index (χ2v) is 19.3. The molecule has 6 rings (SSSR count). The third kappa shape index (κ3) is 10.5. The van der Waals surface area contributed by atoms with Crippen LogP contribution < -0.4 is 5.32 Å². The Morgan fingerprint density at radius 1 is 0.828 bits per heavy atom. The largest absolute Gasteiger partial charge is 0.510 e. The van der Waals surface area contributed by atoms with Gasteiger partial charge in [0.15, 0.2) is 0 Å². The molecule has 5 heterocycles. The third-order valence-corrected chi connectivity index (χ3v) is 14.1. The summed E-state index contributed by atoms with van der Waals surface area (Å²) >= 11 is 0. The quantitative estimate of drug-likeness (QED) is 0.0928. The van der Waals surface area contributed by atoms with Crippen LogP contribution in [0, 0.1) is 35.5 Å². The molecule has 0 aromatic carbocycles. The molecule has 5 atom stereocenters. The van der Waals surface area contributed by atoms with Gasteiger partial charge in [0, 0.05) is 51.9 Å². The number of methoxy groups -OCH3 is 1. The molecule has 9 heteroatoms. The van der Waals surface area contributed by atoms with Crippen LogP contribution in [0.25, 0.3) is 0 Å². The predicted molar refractivity (Wildman–Crippen MR) is 262 cm³/mol. The highest BCUT2D eigenvalue weighted by molar-refractivity contribution is 6.24. The van der Waals surface area contributed by atoms with Gasteiger partial charge in [-0.15, -0.1) is 0 Å². The topological polar surface area (TPSA) is 122 Å². The molecule has 1 fully saturated rings. The molecule has 1 saturated heterocycles. The van der Waals surface area contributed by atoms with Crippen molar-refractivity contribution < 1.29 is 24.2 Å². The zero-order valence-electron chi connectivity index (χ0n) is 40.2. The molecule has 0 aromatic heterocycles. The Hall–Kier alpha value is -5.31. The highest BCUT2D eigenvalue weighted by Gasteiger charge is 2.49. The molecule has 0 amide bonds. The molecule has 0 spiro atoms. The van der Waals surface area contributed by atoms with E-state index in [9.17, 15) is 14.7 Å². The Bertz CT molecular complexity index is 2330. The molecule has 64 heavy (non-hydrogen) atoms. The lowest BCUT2D eigenvalue weighted by Crippen LogP contribution is -2.25. The maximum Gasteiger partial charge on any atom is 0.321 e. The minimum Gasteiger partial charge on any atom is -0.510 e. The first-order chi connectivity index (χ1) is 30.6. The molecule has 5 aliphatic heterocycles. The lowest BCUT2D eigenvalue weighted by molar-refractivity contribution is -0.144. The van der Waals surface area contributed by atoms with Gasteiger partial charge in [-0.1, -0.05) is 110 Å². The number of carbonyl (C=O) groups is 2. The van der Waals surface area contributed by atoms with E-state index in [0.29, 0.717) is 40.6 Å². The van der Waals surface area contributed by atoms with Crippen LogP contribution in [0.15, 0.2) is 143 Å². The second-order valence-electron chi connectivity index (χ2n) is 19.3.